The number of aromatic nitrogens is 1. The highest BCUT2D eigenvalue weighted by Gasteiger charge is 2.10. The molecule has 2 rings (SSSR count). The summed E-state index contributed by atoms with van der Waals surface area (Å²) >= 11 is 3.37. The van der Waals surface area contributed by atoms with Gasteiger partial charge in [-0.1, -0.05) is 29.8 Å². The number of hydrogen-bond acceptors (Lipinski definition) is 1. The van der Waals surface area contributed by atoms with Crippen LogP contribution in [0.25, 0.3) is 0 Å². The molecule has 1 N–H and O–H groups in total. The van der Waals surface area contributed by atoms with E-state index in [-0.39, 0.29) is 18.3 Å². The Morgan fingerprint density at radius 1 is 1.14 bits per heavy atom. The highest BCUT2D eigenvalue weighted by atomic mass is 79.9. The fraction of sp³-hybridized carbons (Fsp3) is 0.250. The molecule has 2 aromatic rings. The zero-order chi connectivity index (χ0) is 14.5. The topological polar surface area (TPSA) is 33.0 Å². The average Bonchev–Trinajstić information content (AvgIpc) is 2.42. The lowest BCUT2D eigenvalue weighted by atomic mass is 10.1. The number of halogens is 2. The molecule has 0 saturated heterocycles. The van der Waals surface area contributed by atoms with E-state index in [1.165, 1.54) is 5.56 Å². The van der Waals surface area contributed by atoms with Gasteiger partial charge in [-0.05, 0) is 35.7 Å². The van der Waals surface area contributed by atoms with Crippen molar-refractivity contribution in [3.8, 4) is 0 Å². The second kappa shape index (κ2) is 8.15. The molecule has 0 aliphatic carbocycles. The van der Waals surface area contributed by atoms with Gasteiger partial charge in [0.2, 0.25) is 6.54 Å². The van der Waals surface area contributed by atoms with Crippen molar-refractivity contribution in [1.29, 1.82) is 0 Å². The third-order valence-electron chi connectivity index (χ3n) is 3.04. The Labute approximate surface area is 139 Å². The van der Waals surface area contributed by atoms with Crippen molar-refractivity contribution in [1.82, 2.24) is 0 Å². The zero-order valence-corrected chi connectivity index (χ0v) is 14.4. The Morgan fingerprint density at radius 3 is 2.24 bits per heavy atom. The number of hydrogen-bond donors (Lipinski definition) is 1. The lowest BCUT2D eigenvalue weighted by Crippen LogP contribution is -3.00. The van der Waals surface area contributed by atoms with Crippen LogP contribution in [0.2, 0.25) is 0 Å². The van der Waals surface area contributed by atoms with E-state index in [9.17, 15) is 4.79 Å². The molecular formula is C16H18BrClN2O. The number of benzene rings is 1. The summed E-state index contributed by atoms with van der Waals surface area (Å²) < 4.78 is 2.87. The zero-order valence-electron chi connectivity index (χ0n) is 12.0. The van der Waals surface area contributed by atoms with Crippen LogP contribution in [0.15, 0.2) is 53.3 Å². The Kier molecular flexibility index (Phi) is 6.85. The van der Waals surface area contributed by atoms with Crippen molar-refractivity contribution in [2.75, 3.05) is 5.32 Å². The van der Waals surface area contributed by atoms with Crippen LogP contribution >= 0.6 is 15.9 Å². The summed E-state index contributed by atoms with van der Waals surface area (Å²) in [6, 6.07) is 11.7. The molecule has 0 radical (unpaired) electrons. The van der Waals surface area contributed by atoms with Crippen LogP contribution in [0.3, 0.4) is 0 Å². The summed E-state index contributed by atoms with van der Waals surface area (Å²) in [7, 11) is 0. The first-order valence-corrected chi connectivity index (χ1v) is 7.38. The van der Waals surface area contributed by atoms with Crippen LogP contribution in [0.5, 0.6) is 0 Å². The highest BCUT2D eigenvalue weighted by Crippen LogP contribution is 2.14. The standard InChI is InChI=1S/C16H17BrN2O.ClH/c1-12(2)13-7-9-19(10-8-13)11-16(20)18-15-5-3-14(17)4-6-15;/h3-10,12H,11H2,1-2H3;1H. The predicted molar refractivity (Wildman–Crippen MR) is 83.5 cm³/mol. The van der Waals surface area contributed by atoms with Crippen molar-refractivity contribution in [3.63, 3.8) is 0 Å². The van der Waals surface area contributed by atoms with E-state index in [4.69, 9.17) is 0 Å². The number of amides is 1. The van der Waals surface area contributed by atoms with E-state index in [0.717, 1.165) is 10.2 Å². The van der Waals surface area contributed by atoms with Gasteiger partial charge >= 0.3 is 0 Å². The fourth-order valence-electron chi connectivity index (χ4n) is 1.86. The maximum absolute atomic E-state index is 11.9. The summed E-state index contributed by atoms with van der Waals surface area (Å²) in [6.07, 6.45) is 3.88. The van der Waals surface area contributed by atoms with Gasteiger partial charge in [0.05, 0.1) is 0 Å². The van der Waals surface area contributed by atoms with Gasteiger partial charge in [0.15, 0.2) is 12.4 Å². The number of carbonyl (C=O) groups excluding carboxylic acids is 1. The normalized spacial score (nSPS) is 10.1. The second-order valence-electron chi connectivity index (χ2n) is 5.01. The molecular weight excluding hydrogens is 352 g/mol. The van der Waals surface area contributed by atoms with Gasteiger partial charge in [-0.15, -0.1) is 0 Å². The van der Waals surface area contributed by atoms with Gasteiger partial charge in [-0.3, -0.25) is 4.79 Å². The number of carbonyl (C=O) groups is 1. The van der Waals surface area contributed by atoms with Gasteiger partial charge < -0.3 is 17.7 Å². The van der Waals surface area contributed by atoms with E-state index < -0.39 is 0 Å². The third kappa shape index (κ3) is 5.48. The molecule has 0 bridgehead atoms. The van der Waals surface area contributed by atoms with Gasteiger partial charge in [0, 0.05) is 22.3 Å². The lowest BCUT2D eigenvalue weighted by Gasteiger charge is -2.05. The average molecular weight is 370 g/mol. The van der Waals surface area contributed by atoms with Crippen LogP contribution in [0.1, 0.15) is 25.3 Å². The molecule has 1 amide bonds. The fourth-order valence-corrected chi connectivity index (χ4v) is 2.12. The number of nitrogens with zero attached hydrogens (tertiary/aromatic N) is 1. The molecule has 5 heteroatoms. The summed E-state index contributed by atoms with van der Waals surface area (Å²) in [5, 5.41) is 2.87. The van der Waals surface area contributed by atoms with E-state index >= 15 is 0 Å². The van der Waals surface area contributed by atoms with Crippen LogP contribution < -0.4 is 22.3 Å². The quantitative estimate of drug-likeness (QED) is 0.783. The SMILES string of the molecule is CC(C)c1cc[n+](CC(=O)Nc2ccc(Br)cc2)cc1.[Cl-]. The molecule has 1 aromatic heterocycles. The number of rotatable bonds is 4. The molecule has 112 valence electrons. The summed E-state index contributed by atoms with van der Waals surface area (Å²) in [4.78, 5) is 11.9. The van der Waals surface area contributed by atoms with Crippen molar-refractivity contribution < 1.29 is 21.8 Å². The van der Waals surface area contributed by atoms with E-state index in [1.807, 2.05) is 41.2 Å². The van der Waals surface area contributed by atoms with Crippen molar-refractivity contribution in [2.24, 2.45) is 0 Å². The Balaban J connectivity index is 0.00000220. The number of pyridine rings is 1. The minimum absolute atomic E-state index is 0. The van der Waals surface area contributed by atoms with Gasteiger partial charge in [0.1, 0.15) is 0 Å². The molecule has 1 heterocycles. The smallest absolute Gasteiger partial charge is 0.290 e. The second-order valence-corrected chi connectivity index (χ2v) is 5.93. The first-order valence-electron chi connectivity index (χ1n) is 6.59. The van der Waals surface area contributed by atoms with Gasteiger partial charge in [-0.2, -0.15) is 4.57 Å². The molecule has 0 spiro atoms. The molecule has 1 aromatic carbocycles. The summed E-state index contributed by atoms with van der Waals surface area (Å²) in [5.74, 6) is 0.468. The Hall–Kier alpha value is -1.39. The van der Waals surface area contributed by atoms with Gasteiger partial charge in [-0.25, -0.2) is 0 Å². The molecule has 0 aliphatic rings. The molecule has 3 nitrogen and oxygen atoms in total. The maximum Gasteiger partial charge on any atom is 0.290 e. The van der Waals surface area contributed by atoms with Crippen LogP contribution in [-0.4, -0.2) is 5.91 Å². The first-order chi connectivity index (χ1) is 9.54. The molecule has 0 atom stereocenters. The third-order valence-corrected chi connectivity index (χ3v) is 3.57. The van der Waals surface area contributed by atoms with Crippen LogP contribution in [-0.2, 0) is 11.3 Å². The van der Waals surface area contributed by atoms with E-state index in [2.05, 4.69) is 47.2 Å². The van der Waals surface area contributed by atoms with Crippen molar-refractivity contribution >= 4 is 27.5 Å². The van der Waals surface area contributed by atoms with E-state index in [0.29, 0.717) is 12.5 Å². The van der Waals surface area contributed by atoms with Gasteiger partial charge in [0.25, 0.3) is 5.91 Å². The molecule has 21 heavy (non-hydrogen) atoms. The minimum atomic E-state index is -0.0328. The van der Waals surface area contributed by atoms with Crippen LogP contribution in [0, 0.1) is 0 Å². The first kappa shape index (κ1) is 17.7. The predicted octanol–water partition coefficient (Wildman–Crippen LogP) is 0.503. The molecule has 0 saturated carbocycles. The Morgan fingerprint density at radius 2 is 1.71 bits per heavy atom. The highest BCUT2D eigenvalue weighted by molar-refractivity contribution is 9.10. The molecule has 0 fully saturated rings. The monoisotopic (exact) mass is 368 g/mol. The maximum atomic E-state index is 11.9. The molecule has 0 aliphatic heterocycles. The summed E-state index contributed by atoms with van der Waals surface area (Å²) in [6.45, 7) is 4.62. The van der Waals surface area contributed by atoms with E-state index in [1.54, 1.807) is 0 Å². The number of nitrogens with one attached hydrogen (secondary N) is 1. The summed E-state index contributed by atoms with van der Waals surface area (Å²) in [5.41, 5.74) is 2.08. The van der Waals surface area contributed by atoms with Crippen LogP contribution in [0.4, 0.5) is 5.69 Å². The molecule has 0 unspecified atom stereocenters. The Bertz CT molecular complexity index is 582. The van der Waals surface area contributed by atoms with Crippen molar-refractivity contribution in [2.45, 2.75) is 26.3 Å². The lowest BCUT2D eigenvalue weighted by molar-refractivity contribution is -0.684. The largest absolute Gasteiger partial charge is 1.00 e. The number of anilines is 1. The van der Waals surface area contributed by atoms with Crippen molar-refractivity contribution in [3.05, 3.63) is 58.8 Å². The minimum Gasteiger partial charge on any atom is -1.00 e.